The second kappa shape index (κ2) is 8.03. The maximum atomic E-state index is 11.5. The highest BCUT2D eigenvalue weighted by Crippen LogP contribution is 2.26. The van der Waals surface area contributed by atoms with Gasteiger partial charge < -0.3 is 20.1 Å². The number of esters is 1. The molecule has 0 saturated carbocycles. The lowest BCUT2D eigenvalue weighted by atomic mass is 9.91. The van der Waals surface area contributed by atoms with E-state index < -0.39 is 0 Å². The molecule has 5 heteroatoms. The number of carbonyl (C=O) groups is 1. The van der Waals surface area contributed by atoms with E-state index in [9.17, 15) is 4.79 Å². The summed E-state index contributed by atoms with van der Waals surface area (Å²) in [6.07, 6.45) is 2.29. The molecule has 1 aliphatic heterocycles. The second-order valence-corrected chi connectivity index (χ2v) is 5.89. The highest BCUT2D eigenvalue weighted by Gasteiger charge is 2.27. The lowest BCUT2D eigenvalue weighted by Crippen LogP contribution is -2.47. The normalized spacial score (nSPS) is 21.5. The Morgan fingerprint density at radius 1 is 1.32 bits per heavy atom. The summed E-state index contributed by atoms with van der Waals surface area (Å²) < 4.78 is 10.4. The Kier molecular flexibility index (Phi) is 6.07. The Balaban J connectivity index is 1.99. The van der Waals surface area contributed by atoms with Crippen LogP contribution in [0.3, 0.4) is 0 Å². The number of anilines is 1. The van der Waals surface area contributed by atoms with E-state index in [2.05, 4.69) is 24.0 Å². The van der Waals surface area contributed by atoms with E-state index in [1.165, 1.54) is 7.11 Å². The van der Waals surface area contributed by atoms with Crippen LogP contribution in [0.25, 0.3) is 0 Å². The van der Waals surface area contributed by atoms with Crippen LogP contribution in [0.1, 0.15) is 26.2 Å². The Morgan fingerprint density at radius 3 is 2.68 bits per heavy atom. The fourth-order valence-electron chi connectivity index (χ4n) is 2.90. The molecule has 1 fully saturated rings. The van der Waals surface area contributed by atoms with Gasteiger partial charge in [-0.1, -0.05) is 6.92 Å². The van der Waals surface area contributed by atoms with Crippen molar-refractivity contribution in [2.45, 2.75) is 32.2 Å². The first-order chi connectivity index (χ1) is 10.6. The van der Waals surface area contributed by atoms with Gasteiger partial charge in [-0.2, -0.15) is 0 Å². The summed E-state index contributed by atoms with van der Waals surface area (Å²) in [5.74, 6) is 0.965. The van der Waals surface area contributed by atoms with Crippen molar-refractivity contribution < 1.29 is 14.3 Å². The Morgan fingerprint density at radius 2 is 2.05 bits per heavy atom. The van der Waals surface area contributed by atoms with Crippen molar-refractivity contribution in [1.29, 1.82) is 0 Å². The molecular formula is C17H26N2O3. The van der Waals surface area contributed by atoms with Crippen LogP contribution >= 0.6 is 0 Å². The van der Waals surface area contributed by atoms with Crippen molar-refractivity contribution in [3.63, 3.8) is 0 Å². The Labute approximate surface area is 132 Å². The molecule has 0 radical (unpaired) electrons. The van der Waals surface area contributed by atoms with E-state index in [4.69, 9.17) is 15.2 Å². The number of hydrogen-bond donors (Lipinski definition) is 1. The highest BCUT2D eigenvalue weighted by atomic mass is 16.5. The van der Waals surface area contributed by atoms with Crippen molar-refractivity contribution in [1.82, 2.24) is 0 Å². The standard InChI is InChI=1S/C17H26N2O3/c1-3-8-22-16-6-4-15(5-7-16)19-11-13(9-14(18)12-19)10-17(20)21-2/h4-7,13-14H,3,8-12,18H2,1-2H3. The first kappa shape index (κ1) is 16.6. The van der Waals surface area contributed by atoms with Gasteiger partial charge in [0.15, 0.2) is 0 Å². The first-order valence-electron chi connectivity index (χ1n) is 7.92. The topological polar surface area (TPSA) is 64.8 Å². The van der Waals surface area contributed by atoms with Gasteiger partial charge in [-0.15, -0.1) is 0 Å². The van der Waals surface area contributed by atoms with Crippen LogP contribution in [0.2, 0.25) is 0 Å². The molecule has 0 aromatic heterocycles. The molecule has 2 N–H and O–H groups in total. The maximum absolute atomic E-state index is 11.5. The molecule has 1 aliphatic rings. The summed E-state index contributed by atoms with van der Waals surface area (Å²) in [6.45, 7) is 4.46. The molecule has 1 aromatic rings. The third kappa shape index (κ3) is 4.63. The summed E-state index contributed by atoms with van der Waals surface area (Å²) in [6, 6.07) is 8.16. The Hall–Kier alpha value is -1.75. The van der Waals surface area contributed by atoms with Gasteiger partial charge in [0.1, 0.15) is 5.75 Å². The monoisotopic (exact) mass is 306 g/mol. The summed E-state index contributed by atoms with van der Waals surface area (Å²) in [7, 11) is 1.43. The number of ether oxygens (including phenoxy) is 2. The SMILES string of the molecule is CCCOc1ccc(N2CC(N)CC(CC(=O)OC)C2)cc1. The average Bonchev–Trinajstić information content (AvgIpc) is 2.52. The van der Waals surface area contributed by atoms with Crippen LogP contribution in [-0.4, -0.2) is 38.8 Å². The van der Waals surface area contributed by atoms with E-state index in [0.717, 1.165) is 44.0 Å². The number of benzene rings is 1. The number of nitrogens with two attached hydrogens (primary N) is 1. The summed E-state index contributed by atoms with van der Waals surface area (Å²) >= 11 is 0. The van der Waals surface area contributed by atoms with Crippen LogP contribution in [0.15, 0.2) is 24.3 Å². The zero-order valence-electron chi connectivity index (χ0n) is 13.5. The average molecular weight is 306 g/mol. The van der Waals surface area contributed by atoms with Gasteiger partial charge >= 0.3 is 5.97 Å². The molecule has 0 amide bonds. The van der Waals surface area contributed by atoms with Crippen LogP contribution in [0.4, 0.5) is 5.69 Å². The van der Waals surface area contributed by atoms with Gasteiger partial charge in [0.25, 0.3) is 0 Å². The summed E-state index contributed by atoms with van der Waals surface area (Å²) in [5, 5.41) is 0. The lowest BCUT2D eigenvalue weighted by Gasteiger charge is -2.37. The molecular weight excluding hydrogens is 280 g/mol. The largest absolute Gasteiger partial charge is 0.494 e. The van der Waals surface area contributed by atoms with Gasteiger partial charge in [-0.25, -0.2) is 0 Å². The number of nitrogens with zero attached hydrogens (tertiary/aromatic N) is 1. The predicted octanol–water partition coefficient (Wildman–Crippen LogP) is 2.19. The first-order valence-corrected chi connectivity index (χ1v) is 7.92. The molecule has 0 spiro atoms. The fraction of sp³-hybridized carbons (Fsp3) is 0.588. The minimum absolute atomic E-state index is 0.0828. The molecule has 5 nitrogen and oxygen atoms in total. The van der Waals surface area contributed by atoms with Crippen LogP contribution in [0.5, 0.6) is 5.75 Å². The molecule has 22 heavy (non-hydrogen) atoms. The van der Waals surface area contributed by atoms with Crippen molar-refractivity contribution in [3.8, 4) is 5.75 Å². The molecule has 1 saturated heterocycles. The minimum atomic E-state index is -0.164. The Bertz CT molecular complexity index is 475. The van der Waals surface area contributed by atoms with Gasteiger partial charge in [-0.05, 0) is 43.0 Å². The number of rotatable bonds is 6. The summed E-state index contributed by atoms with van der Waals surface area (Å²) in [4.78, 5) is 13.7. The quantitative estimate of drug-likeness (QED) is 0.816. The molecule has 122 valence electrons. The molecule has 0 aliphatic carbocycles. The number of piperidine rings is 1. The van der Waals surface area contributed by atoms with Gasteiger partial charge in [-0.3, -0.25) is 4.79 Å². The zero-order chi connectivity index (χ0) is 15.9. The molecule has 1 aromatic carbocycles. The number of carbonyl (C=O) groups excluding carboxylic acids is 1. The zero-order valence-corrected chi connectivity index (χ0v) is 13.5. The van der Waals surface area contributed by atoms with E-state index in [1.54, 1.807) is 0 Å². The third-order valence-electron chi connectivity index (χ3n) is 3.93. The summed E-state index contributed by atoms with van der Waals surface area (Å²) in [5.41, 5.74) is 7.27. The van der Waals surface area contributed by atoms with Crippen molar-refractivity contribution in [2.75, 3.05) is 31.7 Å². The van der Waals surface area contributed by atoms with Gasteiger partial charge in [0, 0.05) is 24.8 Å². The van der Waals surface area contributed by atoms with E-state index in [-0.39, 0.29) is 17.9 Å². The van der Waals surface area contributed by atoms with Crippen LogP contribution < -0.4 is 15.4 Å². The number of methoxy groups -OCH3 is 1. The fourth-order valence-corrected chi connectivity index (χ4v) is 2.90. The van der Waals surface area contributed by atoms with E-state index in [1.807, 2.05) is 12.1 Å². The predicted molar refractivity (Wildman–Crippen MR) is 87.2 cm³/mol. The lowest BCUT2D eigenvalue weighted by molar-refractivity contribution is -0.141. The number of hydrogen-bond acceptors (Lipinski definition) is 5. The molecule has 2 atom stereocenters. The van der Waals surface area contributed by atoms with E-state index in [0.29, 0.717) is 6.42 Å². The highest BCUT2D eigenvalue weighted by molar-refractivity contribution is 5.69. The third-order valence-corrected chi connectivity index (χ3v) is 3.93. The van der Waals surface area contributed by atoms with Crippen molar-refractivity contribution in [3.05, 3.63) is 24.3 Å². The molecule has 0 bridgehead atoms. The molecule has 2 unspecified atom stereocenters. The smallest absolute Gasteiger partial charge is 0.305 e. The molecule has 2 rings (SSSR count). The minimum Gasteiger partial charge on any atom is -0.494 e. The van der Waals surface area contributed by atoms with Gasteiger partial charge in [0.2, 0.25) is 0 Å². The van der Waals surface area contributed by atoms with Crippen molar-refractivity contribution >= 4 is 11.7 Å². The van der Waals surface area contributed by atoms with Gasteiger partial charge in [0.05, 0.1) is 20.1 Å². The maximum Gasteiger partial charge on any atom is 0.305 e. The van der Waals surface area contributed by atoms with E-state index >= 15 is 0 Å². The van der Waals surface area contributed by atoms with Crippen molar-refractivity contribution in [2.24, 2.45) is 11.7 Å². The second-order valence-electron chi connectivity index (χ2n) is 5.89. The molecule has 1 heterocycles. The van der Waals surface area contributed by atoms with Crippen LogP contribution in [-0.2, 0) is 9.53 Å². The van der Waals surface area contributed by atoms with Crippen LogP contribution in [0, 0.1) is 5.92 Å².